The first-order chi connectivity index (χ1) is 7.87. The standard InChI is InChI=1S/C12H22N2O3/c1-9(2)14-7-4-5-12(6-8-14,11(16)17)13-10(3)15/h9H,4-8H2,1-3H3,(H,13,15)(H,16,17). The molecule has 0 aliphatic carbocycles. The number of rotatable bonds is 3. The van der Waals surface area contributed by atoms with Gasteiger partial charge in [0, 0.05) is 19.5 Å². The molecule has 0 aromatic carbocycles. The second-order valence-electron chi connectivity index (χ2n) is 5.05. The quantitative estimate of drug-likeness (QED) is 0.769. The molecule has 1 aliphatic heterocycles. The molecular weight excluding hydrogens is 220 g/mol. The molecule has 1 unspecified atom stereocenters. The van der Waals surface area contributed by atoms with Gasteiger partial charge in [0.05, 0.1) is 0 Å². The predicted octanol–water partition coefficient (Wildman–Crippen LogP) is 0.840. The highest BCUT2D eigenvalue weighted by molar-refractivity contribution is 5.86. The number of hydrogen-bond donors (Lipinski definition) is 2. The topological polar surface area (TPSA) is 69.6 Å². The maximum absolute atomic E-state index is 11.4. The van der Waals surface area contributed by atoms with E-state index in [1.54, 1.807) is 0 Å². The van der Waals surface area contributed by atoms with Crippen LogP contribution in [-0.4, -0.2) is 46.6 Å². The number of carboxylic acid groups (broad SMARTS) is 1. The van der Waals surface area contributed by atoms with Gasteiger partial charge in [0.15, 0.2) is 0 Å². The smallest absolute Gasteiger partial charge is 0.329 e. The van der Waals surface area contributed by atoms with Crippen LogP contribution in [0.2, 0.25) is 0 Å². The summed E-state index contributed by atoms with van der Waals surface area (Å²) in [5, 5.41) is 12.0. The van der Waals surface area contributed by atoms with E-state index in [2.05, 4.69) is 24.1 Å². The monoisotopic (exact) mass is 242 g/mol. The van der Waals surface area contributed by atoms with Crippen molar-refractivity contribution in [1.29, 1.82) is 0 Å². The fraction of sp³-hybridized carbons (Fsp3) is 0.833. The van der Waals surface area contributed by atoms with Crippen LogP contribution in [0.3, 0.4) is 0 Å². The summed E-state index contributed by atoms with van der Waals surface area (Å²) in [6, 6.07) is 0.414. The van der Waals surface area contributed by atoms with Gasteiger partial charge >= 0.3 is 5.97 Å². The van der Waals surface area contributed by atoms with Crippen molar-refractivity contribution in [3.8, 4) is 0 Å². The van der Waals surface area contributed by atoms with E-state index < -0.39 is 11.5 Å². The van der Waals surface area contributed by atoms with Gasteiger partial charge in [-0.05, 0) is 39.7 Å². The van der Waals surface area contributed by atoms with Crippen molar-refractivity contribution in [2.45, 2.75) is 51.6 Å². The van der Waals surface area contributed by atoms with Crippen LogP contribution in [0, 0.1) is 0 Å². The molecule has 5 heteroatoms. The van der Waals surface area contributed by atoms with Crippen molar-refractivity contribution in [3.63, 3.8) is 0 Å². The Bertz CT molecular complexity index is 304. The average molecular weight is 242 g/mol. The summed E-state index contributed by atoms with van der Waals surface area (Å²) in [7, 11) is 0. The zero-order valence-electron chi connectivity index (χ0n) is 10.8. The third-order valence-corrected chi connectivity index (χ3v) is 3.43. The Kier molecular flexibility index (Phi) is 4.51. The molecule has 1 amide bonds. The van der Waals surface area contributed by atoms with Crippen LogP contribution in [0.15, 0.2) is 0 Å². The van der Waals surface area contributed by atoms with Crippen LogP contribution in [0.4, 0.5) is 0 Å². The van der Waals surface area contributed by atoms with Gasteiger partial charge in [-0.15, -0.1) is 0 Å². The van der Waals surface area contributed by atoms with Crippen molar-refractivity contribution in [1.82, 2.24) is 10.2 Å². The van der Waals surface area contributed by atoms with Crippen LogP contribution in [0.25, 0.3) is 0 Å². The van der Waals surface area contributed by atoms with Crippen LogP contribution < -0.4 is 5.32 Å². The fourth-order valence-electron chi connectivity index (χ4n) is 2.40. The molecular formula is C12H22N2O3. The molecule has 1 heterocycles. The minimum absolute atomic E-state index is 0.273. The largest absolute Gasteiger partial charge is 0.480 e. The van der Waals surface area contributed by atoms with E-state index in [0.29, 0.717) is 25.4 Å². The summed E-state index contributed by atoms with van der Waals surface area (Å²) < 4.78 is 0. The summed E-state index contributed by atoms with van der Waals surface area (Å²) in [6.45, 7) is 7.19. The molecule has 0 saturated carbocycles. The van der Waals surface area contributed by atoms with Crippen LogP contribution in [0.5, 0.6) is 0 Å². The third kappa shape index (κ3) is 3.43. The first-order valence-electron chi connectivity index (χ1n) is 6.13. The molecule has 2 N–H and O–H groups in total. The second kappa shape index (κ2) is 5.49. The maximum Gasteiger partial charge on any atom is 0.329 e. The lowest BCUT2D eigenvalue weighted by Gasteiger charge is -2.29. The molecule has 0 spiro atoms. The molecule has 5 nitrogen and oxygen atoms in total. The van der Waals surface area contributed by atoms with Crippen LogP contribution in [0.1, 0.15) is 40.0 Å². The van der Waals surface area contributed by atoms with Gasteiger partial charge < -0.3 is 15.3 Å². The summed E-state index contributed by atoms with van der Waals surface area (Å²) in [4.78, 5) is 24.8. The highest BCUT2D eigenvalue weighted by Gasteiger charge is 2.40. The van der Waals surface area contributed by atoms with E-state index in [1.165, 1.54) is 6.92 Å². The zero-order chi connectivity index (χ0) is 13.1. The number of carbonyl (C=O) groups excluding carboxylic acids is 1. The molecule has 1 saturated heterocycles. The van der Waals surface area contributed by atoms with Gasteiger partial charge in [0.25, 0.3) is 0 Å². The van der Waals surface area contributed by atoms with Gasteiger partial charge in [0.1, 0.15) is 5.54 Å². The van der Waals surface area contributed by atoms with E-state index >= 15 is 0 Å². The predicted molar refractivity (Wildman–Crippen MR) is 64.7 cm³/mol. The molecule has 17 heavy (non-hydrogen) atoms. The summed E-state index contributed by atoms with van der Waals surface area (Å²) in [5.41, 5.74) is -1.07. The molecule has 0 aromatic heterocycles. The number of nitrogens with one attached hydrogen (secondary N) is 1. The van der Waals surface area contributed by atoms with Crippen LogP contribution in [-0.2, 0) is 9.59 Å². The van der Waals surface area contributed by atoms with Gasteiger partial charge in [-0.25, -0.2) is 4.79 Å². The first-order valence-corrected chi connectivity index (χ1v) is 6.13. The Labute approximate surface area is 102 Å². The summed E-state index contributed by atoms with van der Waals surface area (Å²) >= 11 is 0. The average Bonchev–Trinajstić information content (AvgIpc) is 2.40. The van der Waals surface area contributed by atoms with Gasteiger partial charge in [0.2, 0.25) is 5.91 Å². The molecule has 1 aliphatic rings. The lowest BCUT2D eigenvalue weighted by molar-refractivity contribution is -0.148. The highest BCUT2D eigenvalue weighted by atomic mass is 16.4. The Morgan fingerprint density at radius 2 is 1.94 bits per heavy atom. The molecule has 0 bridgehead atoms. The highest BCUT2D eigenvalue weighted by Crippen LogP contribution is 2.24. The number of hydrogen-bond acceptors (Lipinski definition) is 3. The van der Waals surface area contributed by atoms with Crippen molar-refractivity contribution in [3.05, 3.63) is 0 Å². The normalized spacial score (nSPS) is 26.6. The third-order valence-electron chi connectivity index (χ3n) is 3.43. The molecule has 0 radical (unpaired) electrons. The van der Waals surface area contributed by atoms with Crippen molar-refractivity contribution in [2.24, 2.45) is 0 Å². The number of nitrogens with zero attached hydrogens (tertiary/aromatic N) is 1. The molecule has 1 fully saturated rings. The van der Waals surface area contributed by atoms with Gasteiger partial charge in [-0.1, -0.05) is 0 Å². The maximum atomic E-state index is 11.4. The van der Waals surface area contributed by atoms with Crippen LogP contribution >= 0.6 is 0 Å². The number of carbonyl (C=O) groups is 2. The Hall–Kier alpha value is -1.10. The molecule has 0 aromatic rings. The molecule has 98 valence electrons. The lowest BCUT2D eigenvalue weighted by atomic mass is 9.90. The summed E-state index contributed by atoms with van der Waals surface area (Å²) in [5.74, 6) is -1.19. The minimum atomic E-state index is -1.07. The van der Waals surface area contributed by atoms with Gasteiger partial charge in [-0.2, -0.15) is 0 Å². The Morgan fingerprint density at radius 1 is 1.29 bits per heavy atom. The van der Waals surface area contributed by atoms with Crippen molar-refractivity contribution in [2.75, 3.05) is 13.1 Å². The minimum Gasteiger partial charge on any atom is -0.480 e. The van der Waals surface area contributed by atoms with E-state index in [0.717, 1.165) is 13.0 Å². The SMILES string of the molecule is CC(=O)NC1(C(=O)O)CCCN(C(C)C)CC1. The first kappa shape index (κ1) is 14.0. The Balaban J connectivity index is 2.79. The summed E-state index contributed by atoms with van der Waals surface area (Å²) in [6.07, 6.45) is 1.77. The lowest BCUT2D eigenvalue weighted by Crippen LogP contribution is -2.54. The number of likely N-dealkylation sites (tertiary alicyclic amines) is 1. The molecule has 1 atom stereocenters. The number of amides is 1. The van der Waals surface area contributed by atoms with E-state index in [1.807, 2.05) is 0 Å². The second-order valence-corrected chi connectivity index (χ2v) is 5.05. The number of carboxylic acids is 1. The fourth-order valence-corrected chi connectivity index (χ4v) is 2.40. The van der Waals surface area contributed by atoms with E-state index in [4.69, 9.17) is 0 Å². The zero-order valence-corrected chi connectivity index (χ0v) is 10.8. The van der Waals surface area contributed by atoms with Crippen molar-refractivity contribution < 1.29 is 14.7 Å². The van der Waals surface area contributed by atoms with E-state index in [9.17, 15) is 14.7 Å². The van der Waals surface area contributed by atoms with Crippen molar-refractivity contribution >= 4 is 11.9 Å². The number of aliphatic carboxylic acids is 1. The Morgan fingerprint density at radius 3 is 2.41 bits per heavy atom. The van der Waals surface area contributed by atoms with E-state index in [-0.39, 0.29) is 5.91 Å². The molecule has 1 rings (SSSR count). The van der Waals surface area contributed by atoms with Gasteiger partial charge in [-0.3, -0.25) is 4.79 Å².